The highest BCUT2D eigenvalue weighted by atomic mass is 32.1. The van der Waals surface area contributed by atoms with E-state index < -0.39 is 0 Å². The predicted octanol–water partition coefficient (Wildman–Crippen LogP) is 2.64. The van der Waals surface area contributed by atoms with Gasteiger partial charge in [-0.05, 0) is 24.4 Å². The summed E-state index contributed by atoms with van der Waals surface area (Å²) in [5.41, 5.74) is -0.127. The summed E-state index contributed by atoms with van der Waals surface area (Å²) in [6.45, 7) is 4.75. The van der Waals surface area contributed by atoms with E-state index in [2.05, 4.69) is 22.0 Å². The Morgan fingerprint density at radius 3 is 3.12 bits per heavy atom. The van der Waals surface area contributed by atoms with Gasteiger partial charge in [0.2, 0.25) is 0 Å². The van der Waals surface area contributed by atoms with E-state index in [-0.39, 0.29) is 5.41 Å². The summed E-state index contributed by atoms with van der Waals surface area (Å²) in [5.74, 6) is 0. The molecule has 0 amide bonds. The van der Waals surface area contributed by atoms with E-state index in [1.165, 1.54) is 15.0 Å². The Morgan fingerprint density at radius 2 is 2.41 bits per heavy atom. The summed E-state index contributed by atoms with van der Waals surface area (Å²) >= 11 is 1.80. The second-order valence-corrected chi connectivity index (χ2v) is 6.11. The third-order valence-corrected chi connectivity index (χ3v) is 4.24. The van der Waals surface area contributed by atoms with Crippen molar-refractivity contribution in [2.75, 3.05) is 13.1 Å². The van der Waals surface area contributed by atoms with Gasteiger partial charge in [-0.25, -0.2) is 0 Å². The van der Waals surface area contributed by atoms with Crippen LogP contribution in [0.4, 0.5) is 0 Å². The van der Waals surface area contributed by atoms with Crippen molar-refractivity contribution >= 4 is 21.4 Å². The molecule has 0 aliphatic carbocycles. The van der Waals surface area contributed by atoms with Crippen molar-refractivity contribution in [3.8, 4) is 6.07 Å². The quantitative estimate of drug-likeness (QED) is 0.814. The maximum absolute atomic E-state index is 8.96. The minimum absolute atomic E-state index is 0.127. The van der Waals surface area contributed by atoms with Crippen molar-refractivity contribution in [2.45, 2.75) is 13.5 Å². The van der Waals surface area contributed by atoms with Gasteiger partial charge in [-0.15, -0.1) is 11.3 Å². The zero-order valence-corrected chi connectivity index (χ0v) is 10.5. The minimum atomic E-state index is -0.127. The Bertz CT molecular complexity index is 557. The number of thiophene rings is 1. The number of fused-ring (bicyclic) bond motifs is 1. The van der Waals surface area contributed by atoms with Crippen LogP contribution in [0.3, 0.4) is 0 Å². The van der Waals surface area contributed by atoms with Gasteiger partial charge in [0.15, 0.2) is 0 Å². The lowest BCUT2D eigenvalue weighted by Crippen LogP contribution is -2.52. The third kappa shape index (κ3) is 1.92. The van der Waals surface area contributed by atoms with Crippen LogP contribution in [0, 0.1) is 16.7 Å². The number of hydrogen-bond donors (Lipinski definition) is 0. The molecule has 1 saturated heterocycles. The number of nitriles is 1. The first kappa shape index (κ1) is 10.7. The molecule has 0 saturated carbocycles. The Balaban J connectivity index is 1.73. The van der Waals surface area contributed by atoms with Crippen molar-refractivity contribution in [1.29, 1.82) is 5.26 Å². The summed E-state index contributed by atoms with van der Waals surface area (Å²) < 4.78 is 1.24. The molecule has 3 rings (SSSR count). The van der Waals surface area contributed by atoms with Crippen molar-refractivity contribution in [2.24, 2.45) is 5.41 Å². The van der Waals surface area contributed by atoms with Gasteiger partial charge in [0, 0.05) is 36.9 Å². The van der Waals surface area contributed by atoms with Crippen LogP contribution in [0.2, 0.25) is 0 Å². The molecule has 4 heteroatoms. The Kier molecular flexibility index (Phi) is 2.39. The van der Waals surface area contributed by atoms with Crippen molar-refractivity contribution < 1.29 is 0 Å². The molecule has 86 valence electrons. The number of likely N-dealkylation sites (tertiary alicyclic amines) is 1. The fraction of sp³-hybridized carbons (Fsp3) is 0.385. The van der Waals surface area contributed by atoms with Gasteiger partial charge in [0.05, 0.1) is 16.2 Å². The first-order valence-electron chi connectivity index (χ1n) is 5.65. The molecule has 0 N–H and O–H groups in total. The third-order valence-electron chi connectivity index (χ3n) is 3.17. The van der Waals surface area contributed by atoms with E-state index in [1.54, 1.807) is 11.3 Å². The lowest BCUT2D eigenvalue weighted by molar-refractivity contribution is 0.0540. The van der Waals surface area contributed by atoms with Crippen LogP contribution in [-0.4, -0.2) is 23.0 Å². The average Bonchev–Trinajstić information content (AvgIpc) is 2.69. The van der Waals surface area contributed by atoms with Gasteiger partial charge in [-0.2, -0.15) is 5.26 Å². The lowest BCUT2D eigenvalue weighted by atomic mass is 9.84. The van der Waals surface area contributed by atoms with Gasteiger partial charge in [-0.3, -0.25) is 9.88 Å². The molecule has 0 atom stereocenters. The van der Waals surface area contributed by atoms with Gasteiger partial charge in [-0.1, -0.05) is 0 Å². The maximum atomic E-state index is 8.96. The predicted molar refractivity (Wildman–Crippen MR) is 68.6 cm³/mol. The van der Waals surface area contributed by atoms with E-state index in [1.807, 2.05) is 25.4 Å². The summed E-state index contributed by atoms with van der Waals surface area (Å²) in [6.07, 6.45) is 3.74. The van der Waals surface area contributed by atoms with Crippen LogP contribution in [0.5, 0.6) is 0 Å². The lowest BCUT2D eigenvalue weighted by Gasteiger charge is -2.43. The number of pyridine rings is 1. The molecular formula is C13H13N3S. The Morgan fingerprint density at radius 1 is 1.59 bits per heavy atom. The minimum Gasteiger partial charge on any atom is -0.295 e. The van der Waals surface area contributed by atoms with E-state index in [4.69, 9.17) is 5.26 Å². The molecule has 2 aromatic rings. The van der Waals surface area contributed by atoms with E-state index in [0.29, 0.717) is 0 Å². The highest BCUT2D eigenvalue weighted by molar-refractivity contribution is 7.19. The maximum Gasteiger partial charge on any atom is 0.0799 e. The normalized spacial score (nSPS) is 18.8. The second kappa shape index (κ2) is 3.80. The van der Waals surface area contributed by atoms with Crippen LogP contribution >= 0.6 is 11.3 Å². The summed E-state index contributed by atoms with van der Waals surface area (Å²) in [5, 5.41) is 10.2. The van der Waals surface area contributed by atoms with Crippen LogP contribution in [0.1, 0.15) is 11.8 Å². The van der Waals surface area contributed by atoms with E-state index >= 15 is 0 Å². The fourth-order valence-electron chi connectivity index (χ4n) is 2.36. The largest absolute Gasteiger partial charge is 0.295 e. The van der Waals surface area contributed by atoms with E-state index in [0.717, 1.165) is 19.6 Å². The smallest absolute Gasteiger partial charge is 0.0799 e. The molecule has 1 aliphatic rings. The topological polar surface area (TPSA) is 39.9 Å². The average molecular weight is 243 g/mol. The number of rotatable bonds is 2. The van der Waals surface area contributed by atoms with Gasteiger partial charge in [0.25, 0.3) is 0 Å². The summed E-state index contributed by atoms with van der Waals surface area (Å²) in [7, 11) is 0. The molecular weight excluding hydrogens is 230 g/mol. The van der Waals surface area contributed by atoms with Crippen molar-refractivity contribution in [1.82, 2.24) is 9.88 Å². The van der Waals surface area contributed by atoms with Crippen LogP contribution in [-0.2, 0) is 6.54 Å². The summed E-state index contributed by atoms with van der Waals surface area (Å²) in [6, 6.07) is 6.64. The number of hydrogen-bond acceptors (Lipinski definition) is 4. The molecule has 0 spiro atoms. The second-order valence-electron chi connectivity index (χ2n) is 4.94. The van der Waals surface area contributed by atoms with Gasteiger partial charge in [0.1, 0.15) is 0 Å². The first-order chi connectivity index (χ1) is 8.18. The Hall–Kier alpha value is -1.44. The monoisotopic (exact) mass is 243 g/mol. The first-order valence-corrected chi connectivity index (χ1v) is 6.46. The molecule has 3 heterocycles. The van der Waals surface area contributed by atoms with Crippen molar-refractivity contribution in [3.63, 3.8) is 0 Å². The molecule has 0 bridgehead atoms. The number of aromatic nitrogens is 1. The van der Waals surface area contributed by atoms with Crippen LogP contribution in [0.25, 0.3) is 10.1 Å². The standard InChI is InChI=1S/C13H13N3S/c1-13(7-14)8-16(9-13)6-11-4-10-2-3-15-5-12(10)17-11/h2-5H,6,8-9H2,1H3. The highest BCUT2D eigenvalue weighted by Crippen LogP contribution is 2.32. The fourth-order valence-corrected chi connectivity index (χ4v) is 3.43. The molecule has 1 aliphatic heterocycles. The zero-order chi connectivity index (χ0) is 11.9. The van der Waals surface area contributed by atoms with Crippen LogP contribution < -0.4 is 0 Å². The molecule has 0 radical (unpaired) electrons. The molecule has 2 aromatic heterocycles. The van der Waals surface area contributed by atoms with Gasteiger partial charge >= 0.3 is 0 Å². The number of nitrogens with zero attached hydrogens (tertiary/aromatic N) is 3. The van der Waals surface area contributed by atoms with E-state index in [9.17, 15) is 0 Å². The highest BCUT2D eigenvalue weighted by Gasteiger charge is 2.38. The molecule has 17 heavy (non-hydrogen) atoms. The molecule has 1 fully saturated rings. The van der Waals surface area contributed by atoms with Gasteiger partial charge < -0.3 is 0 Å². The van der Waals surface area contributed by atoms with Crippen molar-refractivity contribution in [3.05, 3.63) is 29.4 Å². The SMILES string of the molecule is CC1(C#N)CN(Cc2cc3ccncc3s2)C1. The molecule has 3 nitrogen and oxygen atoms in total. The van der Waals surface area contributed by atoms with Crippen LogP contribution in [0.15, 0.2) is 24.5 Å². The zero-order valence-electron chi connectivity index (χ0n) is 9.68. The Labute approximate surface area is 104 Å². The summed E-state index contributed by atoms with van der Waals surface area (Å²) in [4.78, 5) is 7.81. The molecule has 0 unspecified atom stereocenters. The molecule has 0 aromatic carbocycles.